The molecule has 0 aromatic heterocycles. The lowest BCUT2D eigenvalue weighted by Gasteiger charge is -2.07. The first-order chi connectivity index (χ1) is 9.78. The Morgan fingerprint density at radius 3 is 2.25 bits per heavy atom. The Morgan fingerprint density at radius 2 is 1.60 bits per heavy atom. The van der Waals surface area contributed by atoms with E-state index in [2.05, 4.69) is 52.4 Å². The maximum atomic E-state index is 5.75. The van der Waals surface area contributed by atoms with Gasteiger partial charge in [-0.25, -0.2) is 0 Å². The number of benzene rings is 2. The Bertz CT molecular complexity index is 508. The molecule has 20 heavy (non-hydrogen) atoms. The third-order valence-corrected chi connectivity index (χ3v) is 3.61. The maximum Gasteiger partial charge on any atom is 0.119 e. The van der Waals surface area contributed by atoms with Crippen LogP contribution in [-0.2, 0) is 13.0 Å². The molecule has 2 nitrogen and oxygen atoms in total. The second-order valence-electron chi connectivity index (χ2n) is 4.66. The van der Waals surface area contributed by atoms with Crippen LogP contribution in [0.4, 0.5) is 0 Å². The van der Waals surface area contributed by atoms with Crippen molar-refractivity contribution in [2.75, 3.05) is 13.1 Å². The van der Waals surface area contributed by atoms with E-state index in [1.54, 1.807) is 0 Å². The lowest BCUT2D eigenvalue weighted by molar-refractivity contribution is 0.306. The molecule has 0 radical (unpaired) electrons. The second kappa shape index (κ2) is 8.08. The number of rotatable bonds is 7. The number of halogens is 1. The van der Waals surface area contributed by atoms with Crippen molar-refractivity contribution in [2.24, 2.45) is 0 Å². The van der Waals surface area contributed by atoms with Crippen LogP contribution in [0.25, 0.3) is 0 Å². The highest BCUT2D eigenvalue weighted by Gasteiger charge is 1.98. The molecule has 0 saturated carbocycles. The Hall–Kier alpha value is -1.32. The van der Waals surface area contributed by atoms with E-state index in [0.717, 1.165) is 29.7 Å². The van der Waals surface area contributed by atoms with E-state index in [-0.39, 0.29) is 0 Å². The van der Waals surface area contributed by atoms with Gasteiger partial charge in [-0.1, -0.05) is 47.1 Å². The first-order valence-corrected chi connectivity index (χ1v) is 7.74. The number of hydrogen-bond donors (Lipinski definition) is 1. The van der Waals surface area contributed by atoms with Gasteiger partial charge in [0.2, 0.25) is 0 Å². The summed E-state index contributed by atoms with van der Waals surface area (Å²) in [5.41, 5.74) is 2.55. The molecule has 2 aromatic carbocycles. The van der Waals surface area contributed by atoms with E-state index in [0.29, 0.717) is 6.61 Å². The molecule has 0 amide bonds. The highest BCUT2D eigenvalue weighted by atomic mass is 79.9. The van der Waals surface area contributed by atoms with E-state index in [1.165, 1.54) is 11.1 Å². The van der Waals surface area contributed by atoms with Gasteiger partial charge in [-0.2, -0.15) is 0 Å². The molecule has 2 rings (SSSR count). The maximum absolute atomic E-state index is 5.75. The summed E-state index contributed by atoms with van der Waals surface area (Å²) in [7, 11) is 0. The van der Waals surface area contributed by atoms with E-state index >= 15 is 0 Å². The Labute approximate surface area is 129 Å². The SMILES string of the molecule is CCNCCc1ccc(COc2ccc(Br)cc2)cc1. The smallest absolute Gasteiger partial charge is 0.119 e. The van der Waals surface area contributed by atoms with Crippen molar-refractivity contribution >= 4 is 15.9 Å². The molecule has 0 aliphatic heterocycles. The molecule has 0 heterocycles. The van der Waals surface area contributed by atoms with E-state index in [4.69, 9.17) is 4.74 Å². The van der Waals surface area contributed by atoms with Crippen LogP contribution in [0.15, 0.2) is 53.0 Å². The van der Waals surface area contributed by atoms with Crippen LogP contribution in [0, 0.1) is 0 Å². The van der Waals surface area contributed by atoms with Gasteiger partial charge >= 0.3 is 0 Å². The monoisotopic (exact) mass is 333 g/mol. The zero-order valence-electron chi connectivity index (χ0n) is 11.7. The van der Waals surface area contributed by atoms with Gasteiger partial charge in [0, 0.05) is 4.47 Å². The van der Waals surface area contributed by atoms with Crippen molar-refractivity contribution < 1.29 is 4.74 Å². The fraction of sp³-hybridized carbons (Fsp3) is 0.294. The zero-order valence-corrected chi connectivity index (χ0v) is 13.3. The highest BCUT2D eigenvalue weighted by molar-refractivity contribution is 9.10. The van der Waals surface area contributed by atoms with E-state index in [1.807, 2.05) is 24.3 Å². The normalized spacial score (nSPS) is 10.5. The molecule has 3 heteroatoms. The van der Waals surface area contributed by atoms with Crippen LogP contribution in [0.1, 0.15) is 18.1 Å². The molecular weight excluding hydrogens is 314 g/mol. The molecule has 106 valence electrons. The minimum atomic E-state index is 0.606. The van der Waals surface area contributed by atoms with Crippen molar-refractivity contribution in [3.8, 4) is 5.75 Å². The van der Waals surface area contributed by atoms with Crippen LogP contribution in [-0.4, -0.2) is 13.1 Å². The lowest BCUT2D eigenvalue weighted by atomic mass is 10.1. The van der Waals surface area contributed by atoms with Crippen molar-refractivity contribution in [3.63, 3.8) is 0 Å². The summed E-state index contributed by atoms with van der Waals surface area (Å²) in [6, 6.07) is 16.5. The average Bonchev–Trinajstić information content (AvgIpc) is 2.48. The van der Waals surface area contributed by atoms with Gasteiger partial charge in [0.1, 0.15) is 12.4 Å². The fourth-order valence-electron chi connectivity index (χ4n) is 1.91. The van der Waals surface area contributed by atoms with Crippen LogP contribution < -0.4 is 10.1 Å². The van der Waals surface area contributed by atoms with Crippen LogP contribution >= 0.6 is 15.9 Å². The molecule has 0 spiro atoms. The quantitative estimate of drug-likeness (QED) is 0.767. The molecule has 0 unspecified atom stereocenters. The summed E-state index contributed by atoms with van der Waals surface area (Å²) >= 11 is 3.41. The Kier molecular flexibility index (Phi) is 6.09. The zero-order chi connectivity index (χ0) is 14.2. The summed E-state index contributed by atoms with van der Waals surface area (Å²) < 4.78 is 6.82. The van der Waals surface area contributed by atoms with Crippen molar-refractivity contribution in [3.05, 3.63) is 64.1 Å². The summed E-state index contributed by atoms with van der Waals surface area (Å²) in [6.45, 7) is 4.79. The molecular formula is C17H20BrNO. The number of hydrogen-bond acceptors (Lipinski definition) is 2. The third-order valence-electron chi connectivity index (χ3n) is 3.08. The first kappa shape index (κ1) is 15.1. The molecule has 1 N–H and O–H groups in total. The van der Waals surface area contributed by atoms with Crippen molar-refractivity contribution in [1.82, 2.24) is 5.32 Å². The Morgan fingerprint density at radius 1 is 0.950 bits per heavy atom. The van der Waals surface area contributed by atoms with Gasteiger partial charge in [-0.05, 0) is 54.9 Å². The molecule has 0 saturated heterocycles. The van der Waals surface area contributed by atoms with Gasteiger partial charge in [-0.15, -0.1) is 0 Å². The standard InChI is InChI=1S/C17H20BrNO/c1-2-19-12-11-14-3-5-15(6-4-14)13-20-17-9-7-16(18)8-10-17/h3-10,19H,2,11-13H2,1H3. The number of nitrogens with one attached hydrogen (secondary N) is 1. The first-order valence-electron chi connectivity index (χ1n) is 6.95. The van der Waals surface area contributed by atoms with E-state index < -0.39 is 0 Å². The lowest BCUT2D eigenvalue weighted by Crippen LogP contribution is -2.15. The highest BCUT2D eigenvalue weighted by Crippen LogP contribution is 2.17. The fourth-order valence-corrected chi connectivity index (χ4v) is 2.17. The second-order valence-corrected chi connectivity index (χ2v) is 5.58. The number of ether oxygens (including phenoxy) is 1. The van der Waals surface area contributed by atoms with Crippen LogP contribution in [0.3, 0.4) is 0 Å². The summed E-state index contributed by atoms with van der Waals surface area (Å²) in [4.78, 5) is 0. The third kappa shape index (κ3) is 4.99. The van der Waals surface area contributed by atoms with Crippen molar-refractivity contribution in [2.45, 2.75) is 20.0 Å². The summed E-state index contributed by atoms with van der Waals surface area (Å²) in [5.74, 6) is 0.893. The predicted molar refractivity (Wildman–Crippen MR) is 87.2 cm³/mol. The average molecular weight is 334 g/mol. The van der Waals surface area contributed by atoms with Gasteiger partial charge in [0.25, 0.3) is 0 Å². The van der Waals surface area contributed by atoms with Gasteiger partial charge in [-0.3, -0.25) is 0 Å². The van der Waals surface area contributed by atoms with Gasteiger partial charge < -0.3 is 10.1 Å². The minimum absolute atomic E-state index is 0.606. The minimum Gasteiger partial charge on any atom is -0.489 e. The molecule has 0 atom stereocenters. The van der Waals surface area contributed by atoms with Crippen LogP contribution in [0.5, 0.6) is 5.75 Å². The summed E-state index contributed by atoms with van der Waals surface area (Å²) in [5, 5.41) is 3.33. The molecule has 0 fully saturated rings. The largest absolute Gasteiger partial charge is 0.489 e. The summed E-state index contributed by atoms with van der Waals surface area (Å²) in [6.07, 6.45) is 1.07. The molecule has 2 aromatic rings. The Balaban J connectivity index is 1.82. The number of likely N-dealkylation sites (N-methyl/N-ethyl adjacent to an activating group) is 1. The topological polar surface area (TPSA) is 21.3 Å². The van der Waals surface area contributed by atoms with Gasteiger partial charge in [0.15, 0.2) is 0 Å². The van der Waals surface area contributed by atoms with Crippen molar-refractivity contribution in [1.29, 1.82) is 0 Å². The molecule has 0 bridgehead atoms. The van der Waals surface area contributed by atoms with Gasteiger partial charge in [0.05, 0.1) is 0 Å². The molecule has 0 aliphatic carbocycles. The van der Waals surface area contributed by atoms with Crippen LogP contribution in [0.2, 0.25) is 0 Å². The predicted octanol–water partition coefficient (Wildman–Crippen LogP) is 4.18. The van der Waals surface area contributed by atoms with E-state index in [9.17, 15) is 0 Å². The molecule has 0 aliphatic rings.